The van der Waals surface area contributed by atoms with E-state index in [0.717, 1.165) is 18.4 Å². The number of sulfone groups is 1. The number of pyridine rings is 1. The van der Waals surface area contributed by atoms with Crippen LogP contribution in [0.4, 0.5) is 8.78 Å². The van der Waals surface area contributed by atoms with Gasteiger partial charge in [-0.05, 0) is 18.2 Å². The third-order valence-electron chi connectivity index (χ3n) is 3.95. The minimum atomic E-state index is -3.43. The SMILES string of the molecule is COc1cc(-c2nc(CS(C)(=O)=O)ncc2Oc2ccc(F)cc2F)cn(C)c1=O. The molecule has 0 bridgehead atoms. The molecule has 2 heterocycles. The predicted octanol–water partition coefficient (Wildman–Crippen LogP) is 2.47. The van der Waals surface area contributed by atoms with Gasteiger partial charge in [0.05, 0.1) is 13.3 Å². The van der Waals surface area contributed by atoms with Crippen LogP contribution in [0.15, 0.2) is 41.5 Å². The highest BCUT2D eigenvalue weighted by Gasteiger charge is 2.18. The fraction of sp³-hybridized carbons (Fsp3) is 0.211. The topological polar surface area (TPSA) is 100 Å². The molecule has 0 atom stereocenters. The van der Waals surface area contributed by atoms with E-state index >= 15 is 0 Å². The number of halogens is 2. The van der Waals surface area contributed by atoms with Crippen molar-refractivity contribution in [3.63, 3.8) is 0 Å². The van der Waals surface area contributed by atoms with Gasteiger partial charge in [0.25, 0.3) is 5.56 Å². The van der Waals surface area contributed by atoms with Gasteiger partial charge in [-0.2, -0.15) is 0 Å². The van der Waals surface area contributed by atoms with Gasteiger partial charge in [0, 0.05) is 31.1 Å². The molecule has 1 aromatic carbocycles. The van der Waals surface area contributed by atoms with Gasteiger partial charge < -0.3 is 14.0 Å². The van der Waals surface area contributed by atoms with Crippen molar-refractivity contribution >= 4 is 9.84 Å². The molecule has 0 saturated carbocycles. The highest BCUT2D eigenvalue weighted by Crippen LogP contribution is 2.33. The monoisotopic (exact) mass is 437 g/mol. The van der Waals surface area contributed by atoms with Crippen molar-refractivity contribution in [2.45, 2.75) is 5.75 Å². The van der Waals surface area contributed by atoms with Crippen molar-refractivity contribution in [3.8, 4) is 28.5 Å². The summed E-state index contributed by atoms with van der Waals surface area (Å²) in [5.41, 5.74) is 0.0311. The number of nitrogens with zero attached hydrogens (tertiary/aromatic N) is 3. The molecule has 0 aliphatic carbocycles. The summed E-state index contributed by atoms with van der Waals surface area (Å²) in [6.45, 7) is 0. The molecule has 0 amide bonds. The lowest BCUT2D eigenvalue weighted by Crippen LogP contribution is -2.18. The number of aromatic nitrogens is 3. The maximum atomic E-state index is 14.1. The molecule has 3 aromatic rings. The van der Waals surface area contributed by atoms with Crippen molar-refractivity contribution in [2.75, 3.05) is 13.4 Å². The van der Waals surface area contributed by atoms with Gasteiger partial charge in [-0.25, -0.2) is 27.2 Å². The van der Waals surface area contributed by atoms with Gasteiger partial charge in [-0.3, -0.25) is 4.79 Å². The van der Waals surface area contributed by atoms with E-state index in [2.05, 4.69) is 9.97 Å². The zero-order chi connectivity index (χ0) is 22.1. The van der Waals surface area contributed by atoms with Crippen molar-refractivity contribution in [3.05, 3.63) is 64.5 Å². The molecule has 2 aromatic heterocycles. The van der Waals surface area contributed by atoms with Crippen LogP contribution in [0, 0.1) is 11.6 Å². The van der Waals surface area contributed by atoms with Crippen LogP contribution in [-0.2, 0) is 22.6 Å². The Labute approximate surface area is 170 Å². The zero-order valence-electron chi connectivity index (χ0n) is 16.2. The highest BCUT2D eigenvalue weighted by atomic mass is 32.2. The molecule has 0 saturated heterocycles. The maximum absolute atomic E-state index is 14.1. The van der Waals surface area contributed by atoms with Crippen LogP contribution in [0.25, 0.3) is 11.3 Å². The first-order chi connectivity index (χ1) is 14.1. The van der Waals surface area contributed by atoms with Crippen molar-refractivity contribution < 1.29 is 26.7 Å². The smallest absolute Gasteiger partial charge is 0.292 e. The molecule has 158 valence electrons. The minimum Gasteiger partial charge on any atom is -0.491 e. The van der Waals surface area contributed by atoms with Crippen LogP contribution in [0.5, 0.6) is 17.2 Å². The molecule has 0 unspecified atom stereocenters. The Bertz CT molecular complexity index is 1280. The number of rotatable bonds is 6. The van der Waals surface area contributed by atoms with E-state index in [4.69, 9.17) is 9.47 Å². The van der Waals surface area contributed by atoms with E-state index in [1.54, 1.807) is 0 Å². The first-order valence-electron chi connectivity index (χ1n) is 8.49. The fourth-order valence-electron chi connectivity index (χ4n) is 2.63. The Balaban J connectivity index is 2.17. The highest BCUT2D eigenvalue weighted by molar-refractivity contribution is 7.89. The number of hydrogen-bond donors (Lipinski definition) is 0. The summed E-state index contributed by atoms with van der Waals surface area (Å²) >= 11 is 0. The molecular formula is C19H17F2N3O5S. The van der Waals surface area contributed by atoms with Crippen LogP contribution in [0.1, 0.15) is 5.82 Å². The van der Waals surface area contributed by atoms with Crippen LogP contribution >= 0.6 is 0 Å². The largest absolute Gasteiger partial charge is 0.491 e. The first-order valence-corrected chi connectivity index (χ1v) is 10.5. The molecule has 0 radical (unpaired) electrons. The van der Waals surface area contributed by atoms with Crippen molar-refractivity contribution in [2.24, 2.45) is 7.05 Å². The standard InChI is InChI=1S/C19H17F2N3O5S/c1-24-9-11(6-15(28-2)19(24)25)18-16(8-22-17(23-18)10-30(3,26)27)29-14-5-4-12(20)7-13(14)21/h4-9H,10H2,1-3H3. The Hall–Kier alpha value is -3.34. The number of methoxy groups -OCH3 is 1. The summed E-state index contributed by atoms with van der Waals surface area (Å²) in [7, 11) is -0.621. The third kappa shape index (κ3) is 4.79. The summed E-state index contributed by atoms with van der Waals surface area (Å²) in [6, 6.07) is 4.17. The Morgan fingerprint density at radius 2 is 1.87 bits per heavy atom. The summed E-state index contributed by atoms with van der Waals surface area (Å²) in [5, 5.41) is 0. The Morgan fingerprint density at radius 1 is 1.13 bits per heavy atom. The van der Waals surface area contributed by atoms with Gasteiger partial charge in [-0.15, -0.1) is 0 Å². The molecule has 0 spiro atoms. The average molecular weight is 437 g/mol. The lowest BCUT2D eigenvalue weighted by Gasteiger charge is -2.13. The molecule has 0 aliphatic rings. The predicted molar refractivity (Wildman–Crippen MR) is 104 cm³/mol. The van der Waals surface area contributed by atoms with Gasteiger partial charge in [0.2, 0.25) is 0 Å². The molecule has 30 heavy (non-hydrogen) atoms. The maximum Gasteiger partial charge on any atom is 0.292 e. The summed E-state index contributed by atoms with van der Waals surface area (Å²) < 4.78 is 62.4. The van der Waals surface area contributed by atoms with Crippen LogP contribution in [0.3, 0.4) is 0 Å². The zero-order valence-corrected chi connectivity index (χ0v) is 17.0. The van der Waals surface area contributed by atoms with Crippen LogP contribution in [-0.4, -0.2) is 36.3 Å². The minimum absolute atomic E-state index is 0.0113. The van der Waals surface area contributed by atoms with E-state index in [0.29, 0.717) is 11.6 Å². The number of ether oxygens (including phenoxy) is 2. The summed E-state index contributed by atoms with van der Waals surface area (Å²) in [4.78, 5) is 20.3. The average Bonchev–Trinajstić information content (AvgIpc) is 2.66. The Morgan fingerprint density at radius 3 is 2.50 bits per heavy atom. The van der Waals surface area contributed by atoms with Gasteiger partial charge in [0.1, 0.15) is 23.1 Å². The third-order valence-corrected chi connectivity index (χ3v) is 4.74. The van der Waals surface area contributed by atoms with Crippen molar-refractivity contribution in [1.29, 1.82) is 0 Å². The number of hydrogen-bond acceptors (Lipinski definition) is 7. The second-order valence-corrected chi connectivity index (χ2v) is 8.60. The van der Waals surface area contributed by atoms with Crippen molar-refractivity contribution in [1.82, 2.24) is 14.5 Å². The lowest BCUT2D eigenvalue weighted by atomic mass is 10.1. The van der Waals surface area contributed by atoms with E-state index < -0.39 is 32.8 Å². The molecule has 11 heteroatoms. The first kappa shape index (κ1) is 21.4. The molecule has 0 fully saturated rings. The second kappa shape index (κ2) is 8.19. The van der Waals surface area contributed by atoms with E-state index in [-0.39, 0.29) is 28.8 Å². The molecular weight excluding hydrogens is 420 g/mol. The Kier molecular flexibility index (Phi) is 5.83. The fourth-order valence-corrected chi connectivity index (χ4v) is 3.23. The van der Waals surface area contributed by atoms with E-state index in [1.165, 1.54) is 37.2 Å². The quantitative estimate of drug-likeness (QED) is 0.584. The normalized spacial score (nSPS) is 11.4. The number of aryl methyl sites for hydroxylation is 1. The lowest BCUT2D eigenvalue weighted by molar-refractivity contribution is 0.405. The molecule has 3 rings (SSSR count). The van der Waals surface area contributed by atoms with Gasteiger partial charge >= 0.3 is 0 Å². The van der Waals surface area contributed by atoms with E-state index in [9.17, 15) is 22.0 Å². The van der Waals surface area contributed by atoms with E-state index in [1.807, 2.05) is 0 Å². The molecule has 8 nitrogen and oxygen atoms in total. The van der Waals surface area contributed by atoms with Crippen LogP contribution < -0.4 is 15.0 Å². The molecule has 0 aliphatic heterocycles. The van der Waals surface area contributed by atoms with Crippen LogP contribution in [0.2, 0.25) is 0 Å². The molecule has 0 N–H and O–H groups in total. The van der Waals surface area contributed by atoms with Gasteiger partial charge in [-0.1, -0.05) is 0 Å². The van der Waals surface area contributed by atoms with Gasteiger partial charge in [0.15, 0.2) is 32.9 Å². The summed E-state index contributed by atoms with van der Waals surface area (Å²) in [6.07, 6.45) is 3.65. The summed E-state index contributed by atoms with van der Waals surface area (Å²) in [5.74, 6) is -2.48. The number of benzene rings is 1. The second-order valence-electron chi connectivity index (χ2n) is 6.46.